The average molecular weight is 420 g/mol. The number of hydrogen-bond donors (Lipinski definition) is 0. The van der Waals surface area contributed by atoms with E-state index in [1.54, 1.807) is 23.3 Å². The molecule has 0 N–H and O–H groups in total. The Hall–Kier alpha value is -3.52. The predicted octanol–water partition coefficient (Wildman–Crippen LogP) is 3.95. The van der Waals surface area contributed by atoms with Crippen molar-refractivity contribution in [3.8, 4) is 17.1 Å². The van der Waals surface area contributed by atoms with Crippen molar-refractivity contribution in [2.45, 2.75) is 20.0 Å². The summed E-state index contributed by atoms with van der Waals surface area (Å²) >= 11 is 1.61. The van der Waals surface area contributed by atoms with Crippen molar-refractivity contribution in [1.29, 1.82) is 0 Å². The van der Waals surface area contributed by atoms with E-state index in [0.29, 0.717) is 12.4 Å². The van der Waals surface area contributed by atoms with Crippen LogP contribution in [0.2, 0.25) is 0 Å². The van der Waals surface area contributed by atoms with Crippen molar-refractivity contribution < 1.29 is 9.53 Å². The first-order valence-corrected chi connectivity index (χ1v) is 10.3. The molecule has 0 aliphatic rings. The van der Waals surface area contributed by atoms with E-state index in [9.17, 15) is 4.79 Å². The molecule has 0 unspecified atom stereocenters. The lowest BCUT2D eigenvalue weighted by atomic mass is 10.1. The van der Waals surface area contributed by atoms with E-state index in [1.165, 1.54) is 4.80 Å². The first-order chi connectivity index (χ1) is 14.6. The van der Waals surface area contributed by atoms with Crippen LogP contribution in [0, 0.1) is 6.92 Å². The van der Waals surface area contributed by atoms with Crippen molar-refractivity contribution in [1.82, 2.24) is 20.2 Å². The molecule has 0 saturated heterocycles. The maximum Gasteiger partial charge on any atom is 0.250 e. The number of amides is 1. The van der Waals surface area contributed by atoms with Crippen LogP contribution in [0.25, 0.3) is 11.4 Å². The van der Waals surface area contributed by atoms with Gasteiger partial charge < -0.3 is 9.64 Å². The van der Waals surface area contributed by atoms with Crippen LogP contribution in [-0.2, 0) is 17.9 Å². The predicted molar refractivity (Wildman–Crippen MR) is 116 cm³/mol. The van der Waals surface area contributed by atoms with Crippen LogP contribution < -0.4 is 9.64 Å². The second-order valence-electron chi connectivity index (χ2n) is 6.77. The fourth-order valence-electron chi connectivity index (χ4n) is 2.98. The standard InChI is InChI=1S/C22H21N5O2S/c1-16-5-7-17(8-6-16)22-23-25-27(24-22)15-21(28)26(14-20-4-3-13-30-20)18-9-11-19(29-2)12-10-18/h3-13H,14-15H2,1-2H3. The summed E-state index contributed by atoms with van der Waals surface area (Å²) in [6.45, 7) is 2.49. The molecule has 2 heterocycles. The summed E-state index contributed by atoms with van der Waals surface area (Å²) in [4.78, 5) is 17.3. The van der Waals surface area contributed by atoms with Gasteiger partial charge in [-0.25, -0.2) is 0 Å². The lowest BCUT2D eigenvalue weighted by molar-refractivity contribution is -0.119. The molecular formula is C22H21N5O2S. The number of aryl methyl sites for hydroxylation is 1. The van der Waals surface area contributed by atoms with Crippen LogP contribution in [-0.4, -0.2) is 33.2 Å². The van der Waals surface area contributed by atoms with Crippen LogP contribution in [0.15, 0.2) is 66.0 Å². The number of carbonyl (C=O) groups is 1. The summed E-state index contributed by atoms with van der Waals surface area (Å²) in [7, 11) is 1.62. The van der Waals surface area contributed by atoms with Crippen LogP contribution in [0.4, 0.5) is 5.69 Å². The van der Waals surface area contributed by atoms with E-state index in [0.717, 1.165) is 27.4 Å². The van der Waals surface area contributed by atoms with Gasteiger partial charge in [0.05, 0.1) is 13.7 Å². The SMILES string of the molecule is COc1ccc(N(Cc2cccs2)C(=O)Cn2nnc(-c3ccc(C)cc3)n2)cc1. The molecule has 0 aliphatic carbocycles. The number of benzene rings is 2. The van der Waals surface area contributed by atoms with Crippen molar-refractivity contribution in [2.75, 3.05) is 12.0 Å². The molecule has 30 heavy (non-hydrogen) atoms. The van der Waals surface area contributed by atoms with Gasteiger partial charge in [0.15, 0.2) is 0 Å². The smallest absolute Gasteiger partial charge is 0.250 e. The molecule has 2 aromatic heterocycles. The number of carbonyl (C=O) groups excluding carboxylic acids is 1. The monoisotopic (exact) mass is 419 g/mol. The second-order valence-corrected chi connectivity index (χ2v) is 7.80. The number of nitrogens with zero attached hydrogens (tertiary/aromatic N) is 5. The van der Waals surface area contributed by atoms with Crippen molar-refractivity contribution in [3.05, 3.63) is 76.5 Å². The lowest BCUT2D eigenvalue weighted by Gasteiger charge is -2.22. The zero-order valence-electron chi connectivity index (χ0n) is 16.7. The van der Waals surface area contributed by atoms with Gasteiger partial charge in [-0.05, 0) is 47.8 Å². The first kappa shape index (κ1) is 19.8. The quantitative estimate of drug-likeness (QED) is 0.453. The van der Waals surface area contributed by atoms with Gasteiger partial charge in [0.1, 0.15) is 12.3 Å². The Morgan fingerprint density at radius 1 is 1.10 bits per heavy atom. The second kappa shape index (κ2) is 8.87. The number of ether oxygens (including phenoxy) is 1. The highest BCUT2D eigenvalue weighted by molar-refractivity contribution is 7.09. The topological polar surface area (TPSA) is 73.1 Å². The molecule has 0 spiro atoms. The Kier molecular flexibility index (Phi) is 5.85. The molecule has 4 aromatic rings. The van der Waals surface area contributed by atoms with Crippen LogP contribution in [0.3, 0.4) is 0 Å². The van der Waals surface area contributed by atoms with E-state index in [1.807, 2.05) is 73.0 Å². The molecule has 0 aliphatic heterocycles. The molecule has 1 amide bonds. The molecule has 0 radical (unpaired) electrons. The van der Waals surface area contributed by atoms with Gasteiger partial charge in [-0.15, -0.1) is 21.5 Å². The van der Waals surface area contributed by atoms with E-state index in [4.69, 9.17) is 4.74 Å². The normalized spacial score (nSPS) is 10.7. The zero-order valence-corrected chi connectivity index (χ0v) is 17.5. The molecule has 8 heteroatoms. The summed E-state index contributed by atoms with van der Waals surface area (Å²) in [5.41, 5.74) is 2.81. The van der Waals surface area contributed by atoms with E-state index in [2.05, 4.69) is 15.4 Å². The van der Waals surface area contributed by atoms with Gasteiger partial charge in [0.2, 0.25) is 5.82 Å². The fraction of sp³-hybridized carbons (Fsp3) is 0.182. The van der Waals surface area contributed by atoms with E-state index in [-0.39, 0.29) is 12.5 Å². The van der Waals surface area contributed by atoms with Gasteiger partial charge in [0.25, 0.3) is 5.91 Å². The molecule has 0 atom stereocenters. The van der Waals surface area contributed by atoms with Crippen LogP contribution in [0.1, 0.15) is 10.4 Å². The number of hydrogen-bond acceptors (Lipinski definition) is 6. The molecule has 2 aromatic carbocycles. The van der Waals surface area contributed by atoms with Crippen molar-refractivity contribution in [3.63, 3.8) is 0 Å². The minimum atomic E-state index is -0.124. The average Bonchev–Trinajstić information content (AvgIpc) is 3.45. The van der Waals surface area contributed by atoms with Gasteiger partial charge >= 0.3 is 0 Å². The Balaban J connectivity index is 1.54. The summed E-state index contributed by atoms with van der Waals surface area (Å²) in [6, 6.07) is 19.3. The zero-order chi connectivity index (χ0) is 20.9. The van der Waals surface area contributed by atoms with Gasteiger partial charge in [-0.1, -0.05) is 35.9 Å². The van der Waals surface area contributed by atoms with Crippen molar-refractivity contribution in [2.24, 2.45) is 0 Å². The highest BCUT2D eigenvalue weighted by Gasteiger charge is 2.19. The van der Waals surface area contributed by atoms with Crippen molar-refractivity contribution >= 4 is 22.9 Å². The molecule has 4 rings (SSSR count). The fourth-order valence-corrected chi connectivity index (χ4v) is 3.67. The minimum absolute atomic E-state index is 0.00370. The molecule has 0 saturated carbocycles. The van der Waals surface area contributed by atoms with Gasteiger partial charge in [0, 0.05) is 16.1 Å². The Bertz CT molecular complexity index is 1110. The number of anilines is 1. The third kappa shape index (κ3) is 4.55. The lowest BCUT2D eigenvalue weighted by Crippen LogP contribution is -2.33. The number of tetrazole rings is 1. The van der Waals surface area contributed by atoms with Gasteiger partial charge in [-0.3, -0.25) is 4.79 Å². The van der Waals surface area contributed by atoms with Gasteiger partial charge in [-0.2, -0.15) is 4.80 Å². The molecule has 0 bridgehead atoms. The number of methoxy groups -OCH3 is 1. The molecule has 0 fully saturated rings. The summed E-state index contributed by atoms with van der Waals surface area (Å²) in [5, 5.41) is 14.5. The third-order valence-electron chi connectivity index (χ3n) is 4.62. The van der Waals surface area contributed by atoms with Crippen LogP contribution in [0.5, 0.6) is 5.75 Å². The van der Waals surface area contributed by atoms with E-state index < -0.39 is 0 Å². The maximum atomic E-state index is 13.2. The van der Waals surface area contributed by atoms with Crippen LogP contribution >= 0.6 is 11.3 Å². The highest BCUT2D eigenvalue weighted by atomic mass is 32.1. The number of rotatable bonds is 7. The summed E-state index contributed by atoms with van der Waals surface area (Å²) in [5.74, 6) is 1.11. The Labute approximate surface area is 178 Å². The summed E-state index contributed by atoms with van der Waals surface area (Å²) in [6.07, 6.45) is 0. The number of aromatic nitrogens is 4. The molecule has 152 valence electrons. The minimum Gasteiger partial charge on any atom is -0.497 e. The Morgan fingerprint density at radius 3 is 2.53 bits per heavy atom. The maximum absolute atomic E-state index is 13.2. The highest BCUT2D eigenvalue weighted by Crippen LogP contribution is 2.23. The third-order valence-corrected chi connectivity index (χ3v) is 5.48. The van der Waals surface area contributed by atoms with E-state index >= 15 is 0 Å². The largest absolute Gasteiger partial charge is 0.497 e. The first-order valence-electron chi connectivity index (χ1n) is 9.44. The molecule has 7 nitrogen and oxygen atoms in total. The number of thiophene rings is 1. The summed E-state index contributed by atoms with van der Waals surface area (Å²) < 4.78 is 5.23. The molecular weight excluding hydrogens is 398 g/mol. The Morgan fingerprint density at radius 2 is 1.87 bits per heavy atom.